The lowest BCUT2D eigenvalue weighted by Crippen LogP contribution is -2.39. The highest BCUT2D eigenvalue weighted by atomic mass is 16.2. The molecule has 6 heteroatoms. The van der Waals surface area contributed by atoms with E-state index in [-0.39, 0.29) is 12.5 Å². The van der Waals surface area contributed by atoms with Crippen molar-refractivity contribution in [3.05, 3.63) is 32.6 Å². The molecule has 1 N–H and O–H groups in total. The number of nitrogens with zero attached hydrogens (tertiary/aromatic N) is 2. The van der Waals surface area contributed by atoms with Crippen molar-refractivity contribution in [1.29, 1.82) is 0 Å². The zero-order valence-electron chi connectivity index (χ0n) is 21.6. The van der Waals surface area contributed by atoms with Crippen molar-refractivity contribution in [1.82, 2.24) is 14.5 Å². The second-order valence-electron chi connectivity index (χ2n) is 9.53. The number of hydrogen-bond donors (Lipinski definition) is 1. The Hall–Kier alpha value is -1.85. The van der Waals surface area contributed by atoms with Crippen molar-refractivity contribution in [3.8, 4) is 0 Å². The number of H-pyrrole nitrogens is 1. The lowest BCUT2D eigenvalue weighted by molar-refractivity contribution is -0.132. The quantitative estimate of drug-likeness (QED) is 0.243. The highest BCUT2D eigenvalue weighted by Crippen LogP contribution is 2.11. The number of carbonyl (C=O) groups is 1. The zero-order valence-corrected chi connectivity index (χ0v) is 21.6. The largest absolute Gasteiger partial charge is 0.341 e. The molecule has 1 amide bonds. The van der Waals surface area contributed by atoms with Gasteiger partial charge in [0, 0.05) is 24.8 Å². The van der Waals surface area contributed by atoms with Crippen LogP contribution in [-0.4, -0.2) is 33.4 Å². The van der Waals surface area contributed by atoms with E-state index in [0.29, 0.717) is 5.56 Å². The number of rotatable bonds is 20. The molecule has 1 rings (SSSR count). The summed E-state index contributed by atoms with van der Waals surface area (Å²) < 4.78 is 1.33. The Morgan fingerprint density at radius 1 is 0.758 bits per heavy atom. The third kappa shape index (κ3) is 13.4. The van der Waals surface area contributed by atoms with E-state index in [9.17, 15) is 14.4 Å². The molecule has 0 saturated carbocycles. The number of hydrogen-bond acceptors (Lipinski definition) is 3. The average Bonchev–Trinajstić information content (AvgIpc) is 2.79. The minimum Gasteiger partial charge on any atom is -0.341 e. The minimum atomic E-state index is -0.516. The maximum absolute atomic E-state index is 13.0. The van der Waals surface area contributed by atoms with Crippen LogP contribution in [0.5, 0.6) is 0 Å². The molecule has 0 radical (unpaired) electrons. The summed E-state index contributed by atoms with van der Waals surface area (Å²) in [6.45, 7) is 7.62. The van der Waals surface area contributed by atoms with E-state index in [4.69, 9.17) is 0 Å². The lowest BCUT2D eigenvalue weighted by atomic mass is 10.1. The summed E-state index contributed by atoms with van der Waals surface area (Å²) in [4.78, 5) is 41.0. The first-order valence-corrected chi connectivity index (χ1v) is 13.6. The van der Waals surface area contributed by atoms with Crippen LogP contribution in [0, 0.1) is 6.92 Å². The van der Waals surface area contributed by atoms with Gasteiger partial charge in [-0.3, -0.25) is 19.1 Å². The van der Waals surface area contributed by atoms with Gasteiger partial charge in [-0.05, 0) is 19.8 Å². The number of aryl methyl sites for hydroxylation is 1. The van der Waals surface area contributed by atoms with Gasteiger partial charge in [-0.1, -0.05) is 104 Å². The average molecular weight is 464 g/mol. The summed E-state index contributed by atoms with van der Waals surface area (Å²) >= 11 is 0. The first-order chi connectivity index (χ1) is 16.0. The van der Waals surface area contributed by atoms with Crippen LogP contribution in [0.15, 0.2) is 15.8 Å². The van der Waals surface area contributed by atoms with E-state index < -0.39 is 11.2 Å². The Bertz CT molecular complexity index is 734. The highest BCUT2D eigenvalue weighted by Gasteiger charge is 2.15. The van der Waals surface area contributed by atoms with Crippen molar-refractivity contribution in [2.24, 2.45) is 0 Å². The molecular weight excluding hydrogens is 414 g/mol. The Morgan fingerprint density at radius 3 is 1.64 bits per heavy atom. The van der Waals surface area contributed by atoms with E-state index in [1.165, 1.54) is 87.8 Å². The first kappa shape index (κ1) is 29.2. The molecule has 0 bridgehead atoms. The normalized spacial score (nSPS) is 11.1. The first-order valence-electron chi connectivity index (χ1n) is 13.6. The van der Waals surface area contributed by atoms with Crippen LogP contribution in [0.25, 0.3) is 0 Å². The summed E-state index contributed by atoms with van der Waals surface area (Å²) in [6.07, 6.45) is 21.3. The van der Waals surface area contributed by atoms with Crippen LogP contribution in [0.1, 0.15) is 122 Å². The molecule has 0 spiro atoms. The van der Waals surface area contributed by atoms with Gasteiger partial charge in [0.25, 0.3) is 5.56 Å². The van der Waals surface area contributed by atoms with Gasteiger partial charge in [-0.2, -0.15) is 0 Å². The maximum Gasteiger partial charge on any atom is 0.328 e. The molecule has 0 aliphatic rings. The third-order valence-corrected chi connectivity index (χ3v) is 6.41. The van der Waals surface area contributed by atoms with Crippen LogP contribution in [0.3, 0.4) is 0 Å². The number of amides is 1. The van der Waals surface area contributed by atoms with E-state index in [0.717, 1.165) is 38.8 Å². The maximum atomic E-state index is 13.0. The minimum absolute atomic E-state index is 0.00944. The molecule has 0 unspecified atom stereocenters. The van der Waals surface area contributed by atoms with E-state index in [1.54, 1.807) is 6.92 Å². The van der Waals surface area contributed by atoms with Crippen molar-refractivity contribution < 1.29 is 4.79 Å². The van der Waals surface area contributed by atoms with E-state index in [1.807, 2.05) is 4.90 Å². The zero-order chi connectivity index (χ0) is 24.3. The van der Waals surface area contributed by atoms with E-state index in [2.05, 4.69) is 18.8 Å². The molecule has 0 aliphatic carbocycles. The Morgan fingerprint density at radius 2 is 1.18 bits per heavy atom. The van der Waals surface area contributed by atoms with Crippen molar-refractivity contribution in [2.45, 2.75) is 130 Å². The number of aromatic nitrogens is 2. The molecule has 1 aromatic heterocycles. The smallest absolute Gasteiger partial charge is 0.328 e. The second-order valence-corrected chi connectivity index (χ2v) is 9.53. The Kier molecular flexibility index (Phi) is 16.4. The summed E-state index contributed by atoms with van der Waals surface area (Å²) in [6, 6.07) is 0. The van der Waals surface area contributed by atoms with Gasteiger partial charge in [0.15, 0.2) is 0 Å². The number of aromatic amines is 1. The number of carbonyl (C=O) groups excluding carboxylic acids is 1. The molecule has 33 heavy (non-hydrogen) atoms. The van der Waals surface area contributed by atoms with Gasteiger partial charge >= 0.3 is 5.69 Å². The van der Waals surface area contributed by atoms with Crippen LogP contribution in [-0.2, 0) is 11.3 Å². The standard InChI is InChI=1S/C27H49N3O3/c1-4-6-8-10-12-14-16-18-20-29(21-19-17-15-13-11-9-7-5-2)25(31)23-30-22-24(3)26(32)28-27(30)33/h22H,4-21,23H2,1-3H3,(H,28,32,33). The fourth-order valence-electron chi connectivity index (χ4n) is 4.22. The molecule has 0 atom stereocenters. The summed E-state index contributed by atoms with van der Waals surface area (Å²) in [7, 11) is 0. The fourth-order valence-corrected chi connectivity index (χ4v) is 4.22. The number of unbranched alkanes of at least 4 members (excludes halogenated alkanes) is 14. The highest BCUT2D eigenvalue weighted by molar-refractivity contribution is 5.75. The van der Waals surface area contributed by atoms with Gasteiger partial charge in [0.05, 0.1) is 0 Å². The van der Waals surface area contributed by atoms with Crippen LogP contribution in [0.2, 0.25) is 0 Å². The molecule has 0 aromatic carbocycles. The predicted molar refractivity (Wildman–Crippen MR) is 138 cm³/mol. The van der Waals surface area contributed by atoms with Crippen molar-refractivity contribution in [3.63, 3.8) is 0 Å². The predicted octanol–water partition coefficient (Wildman–Crippen LogP) is 5.96. The Labute approximate surface area is 201 Å². The fraction of sp³-hybridized carbons (Fsp3) is 0.815. The molecule has 0 fully saturated rings. The SMILES string of the molecule is CCCCCCCCCCN(CCCCCCCCCC)C(=O)Cn1cc(C)c(=O)[nH]c1=O. The summed E-state index contributed by atoms with van der Waals surface area (Å²) in [5, 5.41) is 0. The third-order valence-electron chi connectivity index (χ3n) is 6.41. The van der Waals surface area contributed by atoms with Gasteiger partial charge in [0.2, 0.25) is 5.91 Å². The number of nitrogens with one attached hydrogen (secondary N) is 1. The van der Waals surface area contributed by atoms with Crippen molar-refractivity contribution >= 4 is 5.91 Å². The van der Waals surface area contributed by atoms with E-state index >= 15 is 0 Å². The molecular formula is C27H49N3O3. The monoisotopic (exact) mass is 463 g/mol. The molecule has 0 saturated heterocycles. The summed E-state index contributed by atoms with van der Waals surface area (Å²) in [5.41, 5.74) is -0.461. The Balaban J connectivity index is 2.50. The molecule has 190 valence electrons. The van der Waals surface area contributed by atoms with Gasteiger partial charge < -0.3 is 4.90 Å². The van der Waals surface area contributed by atoms with Crippen LogP contribution >= 0.6 is 0 Å². The van der Waals surface area contributed by atoms with Crippen LogP contribution in [0.4, 0.5) is 0 Å². The van der Waals surface area contributed by atoms with Gasteiger partial charge in [-0.25, -0.2) is 4.79 Å². The molecule has 6 nitrogen and oxygen atoms in total. The molecule has 1 aromatic rings. The molecule has 1 heterocycles. The second kappa shape index (κ2) is 18.6. The van der Waals surface area contributed by atoms with Crippen molar-refractivity contribution in [2.75, 3.05) is 13.1 Å². The lowest BCUT2D eigenvalue weighted by Gasteiger charge is -2.23. The van der Waals surface area contributed by atoms with Gasteiger partial charge in [-0.15, -0.1) is 0 Å². The topological polar surface area (TPSA) is 75.2 Å². The molecule has 0 aliphatic heterocycles. The van der Waals surface area contributed by atoms with Gasteiger partial charge in [0.1, 0.15) is 6.54 Å². The van der Waals surface area contributed by atoms with Crippen LogP contribution < -0.4 is 11.2 Å². The summed E-state index contributed by atoms with van der Waals surface area (Å²) in [5.74, 6) is -0.0329.